The first-order valence-electron chi connectivity index (χ1n) is 10.2. The molecule has 0 aromatic heterocycles. The molecular weight excluding hydrogens is 426 g/mol. The average molecular weight is 452 g/mol. The minimum Gasteiger partial charge on any atom is -0.454 e. The Balaban J connectivity index is 1.74. The van der Waals surface area contributed by atoms with E-state index in [4.69, 9.17) is 4.74 Å². The van der Waals surface area contributed by atoms with Crippen molar-refractivity contribution in [2.75, 3.05) is 31.3 Å². The van der Waals surface area contributed by atoms with E-state index in [2.05, 4.69) is 10.6 Å². The number of carbonyl (C=O) groups excluding carboxylic acids is 1. The Bertz CT molecular complexity index is 1270. The highest BCUT2D eigenvalue weighted by atomic mass is 32.2. The Morgan fingerprint density at radius 2 is 1.75 bits per heavy atom. The number of amides is 1. The number of nitrogens with zero attached hydrogens (tertiary/aromatic N) is 1. The maximum Gasteiger partial charge on any atom is 0.259 e. The summed E-state index contributed by atoms with van der Waals surface area (Å²) >= 11 is 0. The second-order valence-corrected chi connectivity index (χ2v) is 9.97. The van der Waals surface area contributed by atoms with Gasteiger partial charge in [-0.3, -0.25) is 4.79 Å². The van der Waals surface area contributed by atoms with Crippen molar-refractivity contribution in [1.29, 1.82) is 0 Å². The third-order valence-electron chi connectivity index (χ3n) is 5.26. The van der Waals surface area contributed by atoms with Crippen molar-refractivity contribution < 1.29 is 17.9 Å². The lowest BCUT2D eigenvalue weighted by Crippen LogP contribution is -2.24. The number of rotatable bonds is 6. The molecule has 0 saturated heterocycles. The Hall–Kier alpha value is -3.36. The lowest BCUT2D eigenvalue weighted by atomic mass is 10.1. The Morgan fingerprint density at radius 3 is 2.47 bits per heavy atom. The molecule has 0 saturated carbocycles. The van der Waals surface area contributed by atoms with E-state index in [9.17, 15) is 13.2 Å². The number of fused-ring (bicyclic) bond motifs is 2. The van der Waals surface area contributed by atoms with Crippen LogP contribution in [0.15, 0.2) is 65.6 Å². The highest BCUT2D eigenvalue weighted by molar-refractivity contribution is 7.89. The number of sulfonamides is 1. The second kappa shape index (κ2) is 8.64. The van der Waals surface area contributed by atoms with Crippen LogP contribution in [0.5, 0.6) is 11.5 Å². The van der Waals surface area contributed by atoms with E-state index in [-0.39, 0.29) is 10.5 Å². The molecule has 0 bridgehead atoms. The minimum absolute atomic E-state index is 0.0233. The van der Waals surface area contributed by atoms with Crippen LogP contribution in [0, 0.1) is 6.92 Å². The van der Waals surface area contributed by atoms with Crippen molar-refractivity contribution in [3.8, 4) is 11.5 Å². The fraction of sp³-hybridized carbons (Fsp3) is 0.208. The maximum atomic E-state index is 13.0. The molecule has 2 N–H and O–H groups in total. The zero-order valence-electron chi connectivity index (χ0n) is 18.2. The molecule has 0 aliphatic carbocycles. The van der Waals surface area contributed by atoms with E-state index in [1.54, 1.807) is 12.1 Å². The molecule has 166 valence electrons. The molecule has 3 aromatic carbocycles. The van der Waals surface area contributed by atoms with Gasteiger partial charge in [0, 0.05) is 26.7 Å². The van der Waals surface area contributed by atoms with E-state index >= 15 is 0 Å². The summed E-state index contributed by atoms with van der Waals surface area (Å²) < 4.78 is 33.2. The van der Waals surface area contributed by atoms with Crippen molar-refractivity contribution in [2.45, 2.75) is 18.2 Å². The molecule has 1 heterocycles. The molecule has 0 spiro atoms. The van der Waals surface area contributed by atoms with Gasteiger partial charge in [-0.15, -0.1) is 0 Å². The van der Waals surface area contributed by atoms with Crippen LogP contribution in [-0.2, 0) is 16.4 Å². The van der Waals surface area contributed by atoms with Crippen LogP contribution in [0.4, 0.5) is 11.4 Å². The molecule has 0 atom stereocenters. The number of benzene rings is 3. The van der Waals surface area contributed by atoms with Gasteiger partial charge in [0.25, 0.3) is 5.91 Å². The summed E-state index contributed by atoms with van der Waals surface area (Å²) in [5.74, 6) is 0.376. The summed E-state index contributed by atoms with van der Waals surface area (Å²) in [6.45, 7) is 2.43. The van der Waals surface area contributed by atoms with E-state index < -0.39 is 15.9 Å². The van der Waals surface area contributed by atoms with Gasteiger partial charge >= 0.3 is 0 Å². The topological polar surface area (TPSA) is 87.7 Å². The van der Waals surface area contributed by atoms with Gasteiger partial charge in [0.1, 0.15) is 10.6 Å². The van der Waals surface area contributed by atoms with E-state index in [1.807, 2.05) is 49.4 Å². The molecule has 32 heavy (non-hydrogen) atoms. The molecule has 0 radical (unpaired) electrons. The van der Waals surface area contributed by atoms with Crippen LogP contribution >= 0.6 is 0 Å². The molecule has 3 aromatic rings. The van der Waals surface area contributed by atoms with Crippen LogP contribution in [0.25, 0.3) is 0 Å². The highest BCUT2D eigenvalue weighted by Crippen LogP contribution is 2.40. The first-order valence-corrected chi connectivity index (χ1v) is 11.7. The van der Waals surface area contributed by atoms with Crippen molar-refractivity contribution in [1.82, 2.24) is 4.31 Å². The quantitative estimate of drug-likeness (QED) is 0.585. The van der Waals surface area contributed by atoms with Gasteiger partial charge in [0.05, 0.1) is 16.9 Å². The summed E-state index contributed by atoms with van der Waals surface area (Å²) in [6, 6.07) is 18.4. The fourth-order valence-corrected chi connectivity index (χ4v) is 4.56. The number of carbonyl (C=O) groups is 1. The third kappa shape index (κ3) is 4.32. The molecule has 1 aliphatic rings. The summed E-state index contributed by atoms with van der Waals surface area (Å²) in [5.41, 5.74) is 3.19. The molecule has 4 rings (SSSR count). The summed E-state index contributed by atoms with van der Waals surface area (Å²) in [6.07, 6.45) is 0.711. The maximum absolute atomic E-state index is 13.0. The first kappa shape index (κ1) is 21.9. The van der Waals surface area contributed by atoms with Gasteiger partial charge < -0.3 is 15.4 Å². The predicted octanol–water partition coefficient (Wildman–Crippen LogP) is 4.26. The van der Waals surface area contributed by atoms with Gasteiger partial charge in [-0.05, 0) is 42.7 Å². The molecule has 1 aliphatic heterocycles. The minimum atomic E-state index is -3.81. The molecule has 7 nitrogen and oxygen atoms in total. The molecular formula is C24H25N3O4S. The van der Waals surface area contributed by atoms with Crippen molar-refractivity contribution in [3.05, 3.63) is 77.4 Å². The van der Waals surface area contributed by atoms with Crippen molar-refractivity contribution in [3.63, 3.8) is 0 Å². The predicted molar refractivity (Wildman–Crippen MR) is 125 cm³/mol. The van der Waals surface area contributed by atoms with Gasteiger partial charge in [-0.2, -0.15) is 0 Å². The zero-order chi connectivity index (χ0) is 22.9. The Kier molecular flexibility index (Phi) is 5.90. The average Bonchev–Trinajstić information content (AvgIpc) is 2.89. The Labute approximate surface area is 188 Å². The zero-order valence-corrected chi connectivity index (χ0v) is 19.0. The normalized spacial score (nSPS) is 12.9. The largest absolute Gasteiger partial charge is 0.454 e. The number of hydrogen-bond donors (Lipinski definition) is 2. The van der Waals surface area contributed by atoms with Crippen LogP contribution in [0.2, 0.25) is 0 Å². The smallest absolute Gasteiger partial charge is 0.259 e. The number of nitrogens with one attached hydrogen (secondary N) is 2. The highest BCUT2D eigenvalue weighted by Gasteiger charge is 2.28. The van der Waals surface area contributed by atoms with Gasteiger partial charge in [0.2, 0.25) is 10.0 Å². The monoisotopic (exact) mass is 451 g/mol. The molecule has 1 amide bonds. The van der Waals surface area contributed by atoms with Gasteiger partial charge in [-0.1, -0.05) is 36.4 Å². The second-order valence-electron chi connectivity index (χ2n) is 7.85. The summed E-state index contributed by atoms with van der Waals surface area (Å²) in [4.78, 5) is 12.9. The Morgan fingerprint density at radius 1 is 1.00 bits per heavy atom. The molecule has 8 heteroatoms. The molecule has 0 fully saturated rings. The fourth-order valence-electron chi connectivity index (χ4n) is 3.49. The SMILES string of the molecule is Cc1ccc2c(c1)NC(=O)c1cc(S(=O)(=O)N(C)C)c(NCCc3ccccc3)cc1O2. The van der Waals surface area contributed by atoms with E-state index in [0.717, 1.165) is 15.4 Å². The van der Waals surface area contributed by atoms with Crippen LogP contribution in [-0.4, -0.2) is 39.3 Å². The number of aryl methyl sites for hydroxylation is 1. The standard InChI is InChI=1S/C24H25N3O4S/c1-16-9-10-21-19(13-16)26-24(28)18-14-23(32(29,30)27(2)3)20(15-22(18)31-21)25-12-11-17-7-5-4-6-8-17/h4-10,13-15,25H,11-12H2,1-3H3,(H,26,28). The lowest BCUT2D eigenvalue weighted by Gasteiger charge is -2.19. The number of anilines is 2. The van der Waals surface area contributed by atoms with Gasteiger partial charge in [-0.25, -0.2) is 12.7 Å². The van der Waals surface area contributed by atoms with Crippen molar-refractivity contribution in [2.24, 2.45) is 0 Å². The van der Waals surface area contributed by atoms with Crippen LogP contribution in [0.3, 0.4) is 0 Å². The van der Waals surface area contributed by atoms with Crippen LogP contribution < -0.4 is 15.4 Å². The summed E-state index contributed by atoms with van der Waals surface area (Å²) in [5, 5.41) is 6.04. The van der Waals surface area contributed by atoms with Crippen molar-refractivity contribution >= 4 is 27.3 Å². The third-order valence-corrected chi connectivity index (χ3v) is 7.12. The lowest BCUT2D eigenvalue weighted by molar-refractivity contribution is 0.102. The van der Waals surface area contributed by atoms with Gasteiger partial charge in [0.15, 0.2) is 5.75 Å². The summed E-state index contributed by atoms with van der Waals surface area (Å²) in [7, 11) is -0.886. The number of hydrogen-bond acceptors (Lipinski definition) is 5. The molecule has 0 unspecified atom stereocenters. The van der Waals surface area contributed by atoms with E-state index in [1.165, 1.54) is 20.2 Å². The first-order chi connectivity index (χ1) is 15.3. The number of ether oxygens (including phenoxy) is 1. The van der Waals surface area contributed by atoms with Crippen LogP contribution in [0.1, 0.15) is 21.5 Å². The van der Waals surface area contributed by atoms with E-state index in [0.29, 0.717) is 35.8 Å².